The predicted octanol–water partition coefficient (Wildman–Crippen LogP) is 3.83. The van der Waals surface area contributed by atoms with E-state index in [9.17, 15) is 4.79 Å². The molecule has 1 amide bonds. The van der Waals surface area contributed by atoms with Crippen LogP contribution < -0.4 is 10.2 Å². The van der Waals surface area contributed by atoms with Gasteiger partial charge >= 0.3 is 6.09 Å². The molecule has 0 radical (unpaired) electrons. The molecule has 0 unspecified atom stereocenters. The van der Waals surface area contributed by atoms with Crippen LogP contribution in [0.15, 0.2) is 49.1 Å². The number of nitrogens with one attached hydrogen (secondary N) is 1. The van der Waals surface area contributed by atoms with Crippen LogP contribution >= 0.6 is 0 Å². The second-order valence-electron chi connectivity index (χ2n) is 8.23. The van der Waals surface area contributed by atoms with Crippen LogP contribution in [0.5, 0.6) is 0 Å². The van der Waals surface area contributed by atoms with Crippen molar-refractivity contribution in [1.29, 1.82) is 0 Å². The molecule has 3 heterocycles. The van der Waals surface area contributed by atoms with Crippen molar-refractivity contribution in [2.75, 3.05) is 36.4 Å². The molecule has 1 saturated heterocycles. The van der Waals surface area contributed by atoms with Gasteiger partial charge in [0.2, 0.25) is 0 Å². The standard InChI is InChI=1S/C22H26N6O2/c1-22(2,3)30-21(29)28-12-10-27(11-13-28)20-6-7-23-15-19(20)26-16-4-5-17-18(14-16)25-9-8-24-17/h4-9,14-15,26H,10-13H2,1-3H3. The molecule has 0 spiro atoms. The first-order valence-corrected chi connectivity index (χ1v) is 10.0. The van der Waals surface area contributed by atoms with E-state index in [2.05, 4.69) is 25.2 Å². The Labute approximate surface area is 175 Å². The second kappa shape index (κ2) is 8.14. The van der Waals surface area contributed by atoms with Gasteiger partial charge in [-0.15, -0.1) is 0 Å². The minimum atomic E-state index is -0.485. The third-order valence-electron chi connectivity index (χ3n) is 4.82. The number of carbonyl (C=O) groups is 1. The van der Waals surface area contributed by atoms with E-state index in [1.54, 1.807) is 23.5 Å². The topological polar surface area (TPSA) is 83.5 Å². The highest BCUT2D eigenvalue weighted by Gasteiger charge is 2.26. The Bertz CT molecular complexity index is 1040. The van der Waals surface area contributed by atoms with Crippen LogP contribution in [0.25, 0.3) is 11.0 Å². The third-order valence-corrected chi connectivity index (χ3v) is 4.82. The molecular weight excluding hydrogens is 380 g/mol. The molecule has 0 aliphatic carbocycles. The molecule has 1 aliphatic heterocycles. The Morgan fingerprint density at radius 1 is 1.00 bits per heavy atom. The fourth-order valence-corrected chi connectivity index (χ4v) is 3.41. The molecule has 156 valence electrons. The van der Waals surface area contributed by atoms with Gasteiger partial charge in [0.1, 0.15) is 5.60 Å². The largest absolute Gasteiger partial charge is 0.444 e. The zero-order chi connectivity index (χ0) is 21.1. The number of nitrogens with zero attached hydrogens (tertiary/aromatic N) is 5. The lowest BCUT2D eigenvalue weighted by Crippen LogP contribution is -2.50. The molecule has 1 aliphatic rings. The van der Waals surface area contributed by atoms with Crippen LogP contribution in [0.4, 0.5) is 21.9 Å². The number of amides is 1. The quantitative estimate of drug-likeness (QED) is 0.708. The molecule has 2 aromatic heterocycles. The van der Waals surface area contributed by atoms with Gasteiger partial charge in [-0.2, -0.15) is 0 Å². The third kappa shape index (κ3) is 4.59. The van der Waals surface area contributed by atoms with E-state index in [0.29, 0.717) is 13.1 Å². The molecule has 3 aromatic rings. The van der Waals surface area contributed by atoms with Crippen molar-refractivity contribution in [3.05, 3.63) is 49.1 Å². The monoisotopic (exact) mass is 406 g/mol. The Morgan fingerprint density at radius 2 is 1.73 bits per heavy atom. The van der Waals surface area contributed by atoms with Crippen molar-refractivity contribution < 1.29 is 9.53 Å². The van der Waals surface area contributed by atoms with E-state index in [1.165, 1.54) is 0 Å². The van der Waals surface area contributed by atoms with E-state index in [-0.39, 0.29) is 6.09 Å². The Morgan fingerprint density at radius 3 is 2.47 bits per heavy atom. The second-order valence-corrected chi connectivity index (χ2v) is 8.23. The minimum absolute atomic E-state index is 0.257. The summed E-state index contributed by atoms with van der Waals surface area (Å²) < 4.78 is 5.49. The van der Waals surface area contributed by atoms with Crippen molar-refractivity contribution in [1.82, 2.24) is 19.9 Å². The maximum absolute atomic E-state index is 12.3. The van der Waals surface area contributed by atoms with E-state index >= 15 is 0 Å². The van der Waals surface area contributed by atoms with E-state index < -0.39 is 5.60 Å². The lowest BCUT2D eigenvalue weighted by molar-refractivity contribution is 0.0240. The first-order chi connectivity index (χ1) is 14.4. The van der Waals surface area contributed by atoms with Crippen molar-refractivity contribution in [3.63, 3.8) is 0 Å². The fourth-order valence-electron chi connectivity index (χ4n) is 3.41. The Balaban J connectivity index is 1.46. The van der Waals surface area contributed by atoms with Crippen LogP contribution in [-0.2, 0) is 4.74 Å². The van der Waals surface area contributed by atoms with E-state index in [4.69, 9.17) is 4.74 Å². The lowest BCUT2D eigenvalue weighted by Gasteiger charge is -2.37. The van der Waals surface area contributed by atoms with Crippen molar-refractivity contribution in [2.45, 2.75) is 26.4 Å². The molecule has 8 heteroatoms. The number of hydrogen-bond donors (Lipinski definition) is 1. The fraction of sp³-hybridized carbons (Fsp3) is 0.364. The lowest BCUT2D eigenvalue weighted by atomic mass is 10.2. The van der Waals surface area contributed by atoms with Crippen LogP contribution in [0.3, 0.4) is 0 Å². The normalized spacial score (nSPS) is 14.6. The predicted molar refractivity (Wildman–Crippen MR) is 117 cm³/mol. The first-order valence-electron chi connectivity index (χ1n) is 10.0. The molecular formula is C22H26N6O2. The SMILES string of the molecule is CC(C)(C)OC(=O)N1CCN(c2ccncc2Nc2ccc3nccnc3c2)CC1. The smallest absolute Gasteiger partial charge is 0.410 e. The summed E-state index contributed by atoms with van der Waals surface area (Å²) in [5, 5.41) is 3.45. The molecule has 30 heavy (non-hydrogen) atoms. The number of benzene rings is 1. The van der Waals surface area contributed by atoms with Crippen molar-refractivity contribution >= 4 is 34.2 Å². The van der Waals surface area contributed by atoms with Gasteiger partial charge in [0.05, 0.1) is 28.6 Å². The number of fused-ring (bicyclic) bond motifs is 1. The highest BCUT2D eigenvalue weighted by atomic mass is 16.6. The number of hydrogen-bond acceptors (Lipinski definition) is 7. The van der Waals surface area contributed by atoms with E-state index in [1.807, 2.05) is 51.2 Å². The summed E-state index contributed by atoms with van der Waals surface area (Å²) in [5.74, 6) is 0. The van der Waals surface area contributed by atoms with Gasteiger partial charge in [-0.25, -0.2) is 4.79 Å². The molecule has 1 aromatic carbocycles. The number of aromatic nitrogens is 3. The van der Waals surface area contributed by atoms with Gasteiger partial charge in [-0.1, -0.05) is 0 Å². The van der Waals surface area contributed by atoms with Gasteiger partial charge in [0, 0.05) is 50.5 Å². The van der Waals surface area contributed by atoms with Gasteiger partial charge in [-0.05, 0) is 45.0 Å². The maximum atomic E-state index is 12.3. The summed E-state index contributed by atoms with van der Waals surface area (Å²) in [5.41, 5.74) is 4.08. The van der Waals surface area contributed by atoms with E-state index in [0.717, 1.165) is 41.2 Å². The summed E-state index contributed by atoms with van der Waals surface area (Å²) in [6.07, 6.45) is 6.72. The summed E-state index contributed by atoms with van der Waals surface area (Å²) in [4.78, 5) is 29.3. The van der Waals surface area contributed by atoms with Crippen LogP contribution in [0, 0.1) is 0 Å². The number of carbonyl (C=O) groups excluding carboxylic acids is 1. The molecule has 0 saturated carbocycles. The van der Waals surface area contributed by atoms with Gasteiger partial charge in [0.15, 0.2) is 0 Å². The van der Waals surface area contributed by atoms with Gasteiger partial charge < -0.3 is 19.9 Å². The average molecular weight is 406 g/mol. The van der Waals surface area contributed by atoms with Crippen LogP contribution in [0.2, 0.25) is 0 Å². The molecule has 8 nitrogen and oxygen atoms in total. The summed E-state index contributed by atoms with van der Waals surface area (Å²) in [7, 11) is 0. The molecule has 1 fully saturated rings. The summed E-state index contributed by atoms with van der Waals surface area (Å²) in [6.45, 7) is 8.32. The Kier molecular flexibility index (Phi) is 5.39. The zero-order valence-electron chi connectivity index (χ0n) is 17.5. The number of piperazine rings is 1. The van der Waals surface area contributed by atoms with Crippen molar-refractivity contribution in [2.24, 2.45) is 0 Å². The van der Waals surface area contributed by atoms with Gasteiger partial charge in [0.25, 0.3) is 0 Å². The summed E-state index contributed by atoms with van der Waals surface area (Å²) >= 11 is 0. The van der Waals surface area contributed by atoms with Crippen LogP contribution in [-0.4, -0.2) is 57.7 Å². The number of pyridine rings is 1. The summed E-state index contributed by atoms with van der Waals surface area (Å²) in [6, 6.07) is 7.89. The molecule has 0 bridgehead atoms. The van der Waals surface area contributed by atoms with Crippen LogP contribution in [0.1, 0.15) is 20.8 Å². The minimum Gasteiger partial charge on any atom is -0.444 e. The molecule has 1 N–H and O–H groups in total. The molecule has 0 atom stereocenters. The van der Waals surface area contributed by atoms with Crippen molar-refractivity contribution in [3.8, 4) is 0 Å². The van der Waals surface area contributed by atoms with Gasteiger partial charge in [-0.3, -0.25) is 15.0 Å². The number of ether oxygens (including phenoxy) is 1. The Hall–Kier alpha value is -3.42. The average Bonchev–Trinajstić information content (AvgIpc) is 2.73. The highest BCUT2D eigenvalue weighted by Crippen LogP contribution is 2.29. The first kappa shape index (κ1) is 19.9. The number of anilines is 3. The zero-order valence-corrected chi connectivity index (χ0v) is 17.5. The number of rotatable bonds is 3. The molecule has 4 rings (SSSR count). The highest BCUT2D eigenvalue weighted by molar-refractivity contribution is 5.82. The maximum Gasteiger partial charge on any atom is 0.410 e.